The summed E-state index contributed by atoms with van der Waals surface area (Å²) in [6.07, 6.45) is 2.94. The van der Waals surface area contributed by atoms with Crippen LogP contribution < -0.4 is 0 Å². The molecule has 68 valence electrons. The van der Waals surface area contributed by atoms with E-state index in [9.17, 15) is 4.79 Å². The molecule has 0 radical (unpaired) electrons. The van der Waals surface area contributed by atoms with E-state index in [1.54, 1.807) is 7.11 Å². The van der Waals surface area contributed by atoms with E-state index < -0.39 is 5.60 Å². The third-order valence-electron chi connectivity index (χ3n) is 2.36. The van der Waals surface area contributed by atoms with Crippen LogP contribution in [0.25, 0.3) is 0 Å². The molecule has 0 fully saturated rings. The number of methoxy groups -OCH3 is 1. The van der Waals surface area contributed by atoms with Gasteiger partial charge < -0.3 is 9.47 Å². The molecule has 1 aliphatic rings. The Bertz CT molecular complexity index is 214. The van der Waals surface area contributed by atoms with Gasteiger partial charge in [0.05, 0.1) is 13.2 Å². The SMILES string of the molecule is CCC1(CC)OC(=O)C=C1OC. The van der Waals surface area contributed by atoms with Crippen LogP contribution in [0.5, 0.6) is 0 Å². The number of ether oxygens (including phenoxy) is 2. The van der Waals surface area contributed by atoms with Crippen molar-refractivity contribution in [3.8, 4) is 0 Å². The molecular weight excluding hydrogens is 156 g/mol. The lowest BCUT2D eigenvalue weighted by Gasteiger charge is -2.26. The lowest BCUT2D eigenvalue weighted by molar-refractivity contribution is -0.148. The molecule has 1 aliphatic heterocycles. The van der Waals surface area contributed by atoms with E-state index in [0.29, 0.717) is 5.76 Å². The van der Waals surface area contributed by atoms with Crippen LogP contribution in [0.4, 0.5) is 0 Å². The maximum Gasteiger partial charge on any atom is 0.335 e. The smallest absolute Gasteiger partial charge is 0.335 e. The number of carbonyl (C=O) groups excluding carboxylic acids is 1. The lowest BCUT2D eigenvalue weighted by Crippen LogP contribution is -2.31. The summed E-state index contributed by atoms with van der Waals surface area (Å²) in [7, 11) is 1.56. The molecule has 1 rings (SSSR count). The summed E-state index contributed by atoms with van der Waals surface area (Å²) in [6, 6.07) is 0. The molecule has 1 heterocycles. The maximum atomic E-state index is 11.0. The molecule has 0 unspecified atom stereocenters. The average Bonchev–Trinajstić information content (AvgIpc) is 2.42. The van der Waals surface area contributed by atoms with Crippen molar-refractivity contribution in [3.63, 3.8) is 0 Å². The standard InChI is InChI=1S/C9H14O3/c1-4-9(5-2)7(11-3)6-8(10)12-9/h6H,4-5H2,1-3H3. The second kappa shape index (κ2) is 3.17. The van der Waals surface area contributed by atoms with Gasteiger partial charge in [0.2, 0.25) is 0 Å². The van der Waals surface area contributed by atoms with Crippen LogP contribution in [-0.2, 0) is 14.3 Å². The van der Waals surface area contributed by atoms with E-state index in [2.05, 4.69) is 0 Å². The number of esters is 1. The van der Waals surface area contributed by atoms with Gasteiger partial charge in [-0.1, -0.05) is 13.8 Å². The van der Waals surface area contributed by atoms with Gasteiger partial charge in [0, 0.05) is 0 Å². The Morgan fingerprint density at radius 1 is 1.50 bits per heavy atom. The number of rotatable bonds is 3. The molecule has 0 N–H and O–H groups in total. The Morgan fingerprint density at radius 2 is 2.08 bits per heavy atom. The molecule has 0 aromatic heterocycles. The quantitative estimate of drug-likeness (QED) is 0.604. The van der Waals surface area contributed by atoms with Crippen molar-refractivity contribution in [2.24, 2.45) is 0 Å². The number of cyclic esters (lactones) is 1. The van der Waals surface area contributed by atoms with Gasteiger partial charge >= 0.3 is 5.97 Å². The van der Waals surface area contributed by atoms with Crippen molar-refractivity contribution in [3.05, 3.63) is 11.8 Å². The van der Waals surface area contributed by atoms with Crippen LogP contribution in [-0.4, -0.2) is 18.7 Å². The third-order valence-corrected chi connectivity index (χ3v) is 2.36. The fourth-order valence-electron chi connectivity index (χ4n) is 1.50. The van der Waals surface area contributed by atoms with Gasteiger partial charge in [-0.15, -0.1) is 0 Å². The van der Waals surface area contributed by atoms with Crippen molar-refractivity contribution >= 4 is 5.97 Å². The van der Waals surface area contributed by atoms with Gasteiger partial charge in [0.15, 0.2) is 5.60 Å². The summed E-state index contributed by atoms with van der Waals surface area (Å²) >= 11 is 0. The Balaban J connectivity index is 2.91. The molecular formula is C9H14O3. The van der Waals surface area contributed by atoms with Crippen molar-refractivity contribution in [1.82, 2.24) is 0 Å². The van der Waals surface area contributed by atoms with E-state index >= 15 is 0 Å². The Hall–Kier alpha value is -0.990. The Morgan fingerprint density at radius 3 is 2.42 bits per heavy atom. The predicted molar refractivity (Wildman–Crippen MR) is 44.5 cm³/mol. The van der Waals surface area contributed by atoms with Crippen LogP contribution in [0, 0.1) is 0 Å². The Labute approximate surface area is 72.4 Å². The normalized spacial score (nSPS) is 20.2. The van der Waals surface area contributed by atoms with Crippen molar-refractivity contribution in [2.45, 2.75) is 32.3 Å². The largest absolute Gasteiger partial charge is 0.497 e. The molecule has 0 aliphatic carbocycles. The minimum Gasteiger partial charge on any atom is -0.497 e. The number of hydrogen-bond donors (Lipinski definition) is 0. The first-order valence-corrected chi connectivity index (χ1v) is 4.17. The first-order chi connectivity index (χ1) is 5.68. The van der Waals surface area contributed by atoms with Gasteiger partial charge in [0.25, 0.3) is 0 Å². The van der Waals surface area contributed by atoms with Gasteiger partial charge in [-0.05, 0) is 12.8 Å². The van der Waals surface area contributed by atoms with Gasteiger partial charge in [-0.3, -0.25) is 0 Å². The second-order valence-corrected chi connectivity index (χ2v) is 2.84. The second-order valence-electron chi connectivity index (χ2n) is 2.84. The molecule has 0 aromatic carbocycles. The molecule has 3 heteroatoms. The van der Waals surface area contributed by atoms with Gasteiger partial charge in [0.1, 0.15) is 5.76 Å². The minimum absolute atomic E-state index is 0.296. The van der Waals surface area contributed by atoms with E-state index in [-0.39, 0.29) is 5.97 Å². The monoisotopic (exact) mass is 170 g/mol. The van der Waals surface area contributed by atoms with Crippen molar-refractivity contribution < 1.29 is 14.3 Å². The average molecular weight is 170 g/mol. The van der Waals surface area contributed by atoms with Crippen molar-refractivity contribution in [2.75, 3.05) is 7.11 Å². The molecule has 0 amide bonds. The summed E-state index contributed by atoms with van der Waals surface area (Å²) in [5.74, 6) is 0.355. The van der Waals surface area contributed by atoms with E-state index in [0.717, 1.165) is 12.8 Å². The zero-order valence-corrected chi connectivity index (χ0v) is 7.72. The van der Waals surface area contributed by atoms with Crippen molar-refractivity contribution in [1.29, 1.82) is 0 Å². The number of carbonyl (C=O) groups is 1. The molecule has 0 atom stereocenters. The summed E-state index contributed by atoms with van der Waals surface area (Å²) in [5, 5.41) is 0. The predicted octanol–water partition coefficient (Wildman–Crippen LogP) is 1.63. The summed E-state index contributed by atoms with van der Waals surface area (Å²) in [6.45, 7) is 3.96. The van der Waals surface area contributed by atoms with E-state index in [1.807, 2.05) is 13.8 Å². The molecule has 0 bridgehead atoms. The molecule has 0 spiro atoms. The molecule has 3 nitrogen and oxygen atoms in total. The lowest BCUT2D eigenvalue weighted by atomic mass is 9.96. The molecule has 0 saturated carbocycles. The highest BCUT2D eigenvalue weighted by atomic mass is 16.6. The topological polar surface area (TPSA) is 35.5 Å². The summed E-state index contributed by atoms with van der Waals surface area (Å²) in [5.41, 5.74) is -0.494. The molecule has 12 heavy (non-hydrogen) atoms. The minimum atomic E-state index is -0.494. The first kappa shape index (κ1) is 9.10. The van der Waals surface area contributed by atoms with E-state index in [4.69, 9.17) is 9.47 Å². The fourth-order valence-corrected chi connectivity index (χ4v) is 1.50. The highest BCUT2D eigenvalue weighted by Gasteiger charge is 2.41. The number of hydrogen-bond acceptors (Lipinski definition) is 3. The highest BCUT2D eigenvalue weighted by Crippen LogP contribution is 2.34. The highest BCUT2D eigenvalue weighted by molar-refractivity contribution is 5.86. The van der Waals surface area contributed by atoms with Gasteiger partial charge in [-0.25, -0.2) is 4.79 Å². The summed E-state index contributed by atoms with van der Waals surface area (Å²) < 4.78 is 10.3. The first-order valence-electron chi connectivity index (χ1n) is 4.17. The van der Waals surface area contributed by atoms with Crippen LogP contribution >= 0.6 is 0 Å². The molecule has 0 aromatic rings. The van der Waals surface area contributed by atoms with Crippen LogP contribution in [0.2, 0.25) is 0 Å². The van der Waals surface area contributed by atoms with Crippen LogP contribution in [0.1, 0.15) is 26.7 Å². The molecule has 0 saturated heterocycles. The van der Waals surface area contributed by atoms with Crippen LogP contribution in [0.3, 0.4) is 0 Å². The zero-order valence-electron chi connectivity index (χ0n) is 7.72. The fraction of sp³-hybridized carbons (Fsp3) is 0.667. The summed E-state index contributed by atoms with van der Waals surface area (Å²) in [4.78, 5) is 11.0. The Kier molecular flexibility index (Phi) is 2.40. The maximum absolute atomic E-state index is 11.0. The van der Waals surface area contributed by atoms with Crippen LogP contribution in [0.15, 0.2) is 11.8 Å². The van der Waals surface area contributed by atoms with E-state index in [1.165, 1.54) is 6.08 Å². The third kappa shape index (κ3) is 1.19. The van der Waals surface area contributed by atoms with Gasteiger partial charge in [-0.2, -0.15) is 0 Å². The zero-order chi connectivity index (χ0) is 9.19.